The molecule has 0 amide bonds. The van der Waals surface area contributed by atoms with Gasteiger partial charge in [-0.2, -0.15) is 0 Å². The lowest BCUT2D eigenvalue weighted by molar-refractivity contribution is -0.146. The lowest BCUT2D eigenvalue weighted by atomic mass is 9.85. The minimum atomic E-state index is -0.861. The topological polar surface area (TPSA) is 46.5 Å². The zero-order valence-corrected chi connectivity index (χ0v) is 8.16. The van der Waals surface area contributed by atoms with Gasteiger partial charge in [-0.25, -0.2) is 4.79 Å². The number of carbonyl (C=O) groups is 1. The quantitative estimate of drug-likeness (QED) is 0.731. The Labute approximate surface area is 79.1 Å². The van der Waals surface area contributed by atoms with Crippen molar-refractivity contribution in [1.82, 2.24) is 0 Å². The third kappa shape index (κ3) is 3.35. The third-order valence-electron chi connectivity index (χ3n) is 2.78. The Bertz CT molecular complexity index is 168. The molecule has 3 heteroatoms. The van der Waals surface area contributed by atoms with Gasteiger partial charge in [0.05, 0.1) is 6.10 Å². The molecule has 0 radical (unpaired) electrons. The SMILES string of the molecule is CC[C@@H]1CCCC[C@H]1OCC(=O)O. The Balaban J connectivity index is 2.31. The van der Waals surface area contributed by atoms with Crippen LogP contribution in [0.2, 0.25) is 0 Å². The summed E-state index contributed by atoms with van der Waals surface area (Å²) in [6.07, 6.45) is 5.97. The molecule has 0 unspecified atom stereocenters. The van der Waals surface area contributed by atoms with Crippen LogP contribution in [0.25, 0.3) is 0 Å². The average Bonchev–Trinajstić information content (AvgIpc) is 2.15. The molecule has 0 aromatic rings. The van der Waals surface area contributed by atoms with Crippen LogP contribution in [-0.2, 0) is 9.53 Å². The summed E-state index contributed by atoms with van der Waals surface area (Å²) in [6, 6.07) is 0. The van der Waals surface area contributed by atoms with Crippen molar-refractivity contribution in [3.8, 4) is 0 Å². The van der Waals surface area contributed by atoms with Crippen molar-refractivity contribution in [2.75, 3.05) is 6.61 Å². The average molecular weight is 186 g/mol. The highest BCUT2D eigenvalue weighted by Gasteiger charge is 2.24. The molecule has 0 heterocycles. The zero-order chi connectivity index (χ0) is 9.68. The molecule has 0 bridgehead atoms. The van der Waals surface area contributed by atoms with Crippen LogP contribution in [0.4, 0.5) is 0 Å². The van der Waals surface area contributed by atoms with E-state index in [1.54, 1.807) is 0 Å². The van der Waals surface area contributed by atoms with Crippen molar-refractivity contribution < 1.29 is 14.6 Å². The molecular formula is C10H18O3. The van der Waals surface area contributed by atoms with E-state index in [9.17, 15) is 4.79 Å². The molecule has 76 valence electrons. The van der Waals surface area contributed by atoms with Crippen molar-refractivity contribution >= 4 is 5.97 Å². The molecule has 1 rings (SSSR count). The second-order valence-corrected chi connectivity index (χ2v) is 3.70. The van der Waals surface area contributed by atoms with Gasteiger partial charge in [-0.3, -0.25) is 0 Å². The number of hydrogen-bond acceptors (Lipinski definition) is 2. The van der Waals surface area contributed by atoms with Gasteiger partial charge in [0.2, 0.25) is 0 Å². The lowest BCUT2D eigenvalue weighted by Crippen LogP contribution is -2.29. The Hall–Kier alpha value is -0.570. The van der Waals surface area contributed by atoms with E-state index in [0.29, 0.717) is 5.92 Å². The maximum atomic E-state index is 10.3. The van der Waals surface area contributed by atoms with Crippen LogP contribution >= 0.6 is 0 Å². The Morgan fingerprint density at radius 1 is 1.46 bits per heavy atom. The van der Waals surface area contributed by atoms with Gasteiger partial charge in [-0.05, 0) is 18.8 Å². The van der Waals surface area contributed by atoms with E-state index in [4.69, 9.17) is 9.84 Å². The second kappa shape index (κ2) is 5.22. The lowest BCUT2D eigenvalue weighted by Gasteiger charge is -2.30. The van der Waals surface area contributed by atoms with Gasteiger partial charge in [-0.1, -0.05) is 26.2 Å². The summed E-state index contributed by atoms with van der Waals surface area (Å²) in [6.45, 7) is 2.01. The molecule has 0 aromatic carbocycles. The van der Waals surface area contributed by atoms with Crippen molar-refractivity contribution in [2.45, 2.75) is 45.1 Å². The molecule has 0 aliphatic heterocycles. The highest BCUT2D eigenvalue weighted by molar-refractivity contribution is 5.68. The largest absolute Gasteiger partial charge is 0.480 e. The van der Waals surface area contributed by atoms with Gasteiger partial charge in [0.15, 0.2) is 0 Å². The summed E-state index contributed by atoms with van der Waals surface area (Å²) in [4.78, 5) is 10.3. The van der Waals surface area contributed by atoms with Crippen molar-refractivity contribution in [3.05, 3.63) is 0 Å². The highest BCUT2D eigenvalue weighted by Crippen LogP contribution is 2.28. The molecule has 1 aliphatic rings. The number of aliphatic carboxylic acids is 1. The van der Waals surface area contributed by atoms with Crippen molar-refractivity contribution in [1.29, 1.82) is 0 Å². The fourth-order valence-corrected chi connectivity index (χ4v) is 2.04. The van der Waals surface area contributed by atoms with E-state index in [1.165, 1.54) is 19.3 Å². The first-order chi connectivity index (χ1) is 6.24. The zero-order valence-electron chi connectivity index (χ0n) is 8.16. The molecule has 1 saturated carbocycles. The van der Waals surface area contributed by atoms with E-state index in [2.05, 4.69) is 6.92 Å². The summed E-state index contributed by atoms with van der Waals surface area (Å²) in [7, 11) is 0. The molecule has 1 N–H and O–H groups in total. The van der Waals surface area contributed by atoms with E-state index in [1.807, 2.05) is 0 Å². The van der Waals surface area contributed by atoms with Crippen LogP contribution in [-0.4, -0.2) is 23.8 Å². The molecule has 0 spiro atoms. The Morgan fingerprint density at radius 2 is 2.15 bits per heavy atom. The smallest absolute Gasteiger partial charge is 0.329 e. The predicted molar refractivity (Wildman–Crippen MR) is 49.6 cm³/mol. The Morgan fingerprint density at radius 3 is 2.77 bits per heavy atom. The molecule has 0 saturated heterocycles. The molecular weight excluding hydrogens is 168 g/mol. The third-order valence-corrected chi connectivity index (χ3v) is 2.78. The summed E-state index contributed by atoms with van der Waals surface area (Å²) >= 11 is 0. The molecule has 0 aromatic heterocycles. The molecule has 2 atom stereocenters. The van der Waals surface area contributed by atoms with Crippen LogP contribution in [0.1, 0.15) is 39.0 Å². The Kier molecular flexibility index (Phi) is 4.22. The fourth-order valence-electron chi connectivity index (χ4n) is 2.04. The van der Waals surface area contributed by atoms with Crippen LogP contribution in [0.3, 0.4) is 0 Å². The first-order valence-corrected chi connectivity index (χ1v) is 5.07. The van der Waals surface area contributed by atoms with Gasteiger partial charge < -0.3 is 9.84 Å². The number of carboxylic acid groups (broad SMARTS) is 1. The van der Waals surface area contributed by atoms with E-state index < -0.39 is 5.97 Å². The second-order valence-electron chi connectivity index (χ2n) is 3.70. The first-order valence-electron chi connectivity index (χ1n) is 5.07. The minimum absolute atomic E-state index is 0.138. The first kappa shape index (κ1) is 10.5. The molecule has 1 fully saturated rings. The van der Waals surface area contributed by atoms with Gasteiger partial charge in [0.25, 0.3) is 0 Å². The summed E-state index contributed by atoms with van der Waals surface area (Å²) in [5.41, 5.74) is 0. The predicted octanol–water partition coefficient (Wildman–Crippen LogP) is 2.06. The van der Waals surface area contributed by atoms with E-state index >= 15 is 0 Å². The molecule has 1 aliphatic carbocycles. The van der Waals surface area contributed by atoms with Crippen LogP contribution in [0, 0.1) is 5.92 Å². The van der Waals surface area contributed by atoms with Crippen LogP contribution < -0.4 is 0 Å². The van der Waals surface area contributed by atoms with Gasteiger partial charge >= 0.3 is 5.97 Å². The van der Waals surface area contributed by atoms with Crippen LogP contribution in [0.15, 0.2) is 0 Å². The summed E-state index contributed by atoms with van der Waals surface area (Å²) in [5.74, 6) is -0.284. The monoisotopic (exact) mass is 186 g/mol. The normalized spacial score (nSPS) is 28.7. The minimum Gasteiger partial charge on any atom is -0.480 e. The summed E-state index contributed by atoms with van der Waals surface area (Å²) in [5, 5.41) is 8.48. The number of hydrogen-bond donors (Lipinski definition) is 1. The highest BCUT2D eigenvalue weighted by atomic mass is 16.5. The van der Waals surface area contributed by atoms with Gasteiger partial charge in [-0.15, -0.1) is 0 Å². The maximum Gasteiger partial charge on any atom is 0.329 e. The fraction of sp³-hybridized carbons (Fsp3) is 0.900. The van der Waals surface area contributed by atoms with Crippen molar-refractivity contribution in [3.63, 3.8) is 0 Å². The standard InChI is InChI=1S/C10H18O3/c1-2-8-5-3-4-6-9(8)13-7-10(11)12/h8-9H,2-7H2,1H3,(H,11,12)/t8-,9-/m1/s1. The van der Waals surface area contributed by atoms with E-state index in [0.717, 1.165) is 12.8 Å². The number of ether oxygens (including phenoxy) is 1. The van der Waals surface area contributed by atoms with Crippen LogP contribution in [0.5, 0.6) is 0 Å². The molecule has 3 nitrogen and oxygen atoms in total. The number of rotatable bonds is 4. The van der Waals surface area contributed by atoms with Gasteiger partial charge in [0, 0.05) is 0 Å². The van der Waals surface area contributed by atoms with E-state index in [-0.39, 0.29) is 12.7 Å². The van der Waals surface area contributed by atoms with Crippen molar-refractivity contribution in [2.24, 2.45) is 5.92 Å². The summed E-state index contributed by atoms with van der Waals surface area (Å²) < 4.78 is 5.35. The number of carboxylic acids is 1. The van der Waals surface area contributed by atoms with Gasteiger partial charge in [0.1, 0.15) is 6.61 Å². The maximum absolute atomic E-state index is 10.3. The molecule has 13 heavy (non-hydrogen) atoms.